The average molecular weight is 408 g/mol. The Morgan fingerprint density at radius 1 is 1.17 bits per heavy atom. The fourth-order valence-electron chi connectivity index (χ4n) is 4.92. The Hall–Kier alpha value is -1.89. The molecular weight excluding hydrogens is 370 g/mol. The van der Waals surface area contributed by atoms with Crippen molar-refractivity contribution in [1.82, 2.24) is 15.5 Å². The minimum atomic E-state index is -0.722. The maximum Gasteiger partial charge on any atom is 0.243 e. The molecule has 0 aromatic carbocycles. The second kappa shape index (κ2) is 9.74. The summed E-state index contributed by atoms with van der Waals surface area (Å²) in [7, 11) is 1.59. The molecule has 0 unspecified atom stereocenters. The summed E-state index contributed by atoms with van der Waals surface area (Å²) in [6, 6.07) is -1.26. The molecule has 2 rings (SSSR count). The molecule has 7 nitrogen and oxygen atoms in total. The molecule has 1 saturated heterocycles. The zero-order valence-electron chi connectivity index (χ0n) is 18.5. The minimum absolute atomic E-state index is 0.0210. The molecule has 6 atom stereocenters. The number of nitrogens with one attached hydrogen (secondary N) is 2. The number of hydrogen-bond acceptors (Lipinski definition) is 4. The van der Waals surface area contributed by atoms with Crippen LogP contribution in [0.15, 0.2) is 12.2 Å². The topological polar surface area (TPSA) is 98.7 Å². The van der Waals surface area contributed by atoms with Gasteiger partial charge in [-0.15, -0.1) is 0 Å². The Morgan fingerprint density at radius 3 is 2.31 bits per heavy atom. The predicted molar refractivity (Wildman–Crippen MR) is 112 cm³/mol. The molecule has 0 saturated carbocycles. The highest BCUT2D eigenvalue weighted by Gasteiger charge is 2.58. The van der Waals surface area contributed by atoms with Crippen LogP contribution in [0, 0.1) is 29.6 Å². The molecule has 7 heteroatoms. The van der Waals surface area contributed by atoms with Crippen LogP contribution in [0.25, 0.3) is 0 Å². The van der Waals surface area contributed by atoms with Crippen molar-refractivity contribution in [3.05, 3.63) is 12.2 Å². The Labute approximate surface area is 174 Å². The summed E-state index contributed by atoms with van der Waals surface area (Å²) < 4.78 is 0. The van der Waals surface area contributed by atoms with Gasteiger partial charge in [0.1, 0.15) is 6.04 Å². The van der Waals surface area contributed by atoms with Crippen LogP contribution in [0.1, 0.15) is 47.5 Å². The van der Waals surface area contributed by atoms with E-state index in [1.54, 1.807) is 11.9 Å². The van der Waals surface area contributed by atoms with Crippen LogP contribution in [0.3, 0.4) is 0 Å². The van der Waals surface area contributed by atoms with Gasteiger partial charge >= 0.3 is 0 Å². The number of likely N-dealkylation sites (tertiary alicyclic amines) is 1. The molecule has 0 aromatic heterocycles. The van der Waals surface area contributed by atoms with Crippen molar-refractivity contribution in [3.8, 4) is 0 Å². The van der Waals surface area contributed by atoms with Gasteiger partial charge in [0, 0.05) is 19.0 Å². The van der Waals surface area contributed by atoms with E-state index in [2.05, 4.69) is 17.6 Å². The average Bonchev–Trinajstić information content (AvgIpc) is 2.94. The van der Waals surface area contributed by atoms with Crippen molar-refractivity contribution in [2.24, 2.45) is 29.6 Å². The van der Waals surface area contributed by atoms with Gasteiger partial charge < -0.3 is 20.6 Å². The van der Waals surface area contributed by atoms with E-state index < -0.39 is 23.9 Å². The highest BCUT2D eigenvalue weighted by atomic mass is 16.3. The molecule has 2 aliphatic rings. The van der Waals surface area contributed by atoms with Crippen LogP contribution in [0.5, 0.6) is 0 Å². The minimum Gasteiger partial charge on any atom is -0.394 e. The zero-order chi connectivity index (χ0) is 21.9. The molecule has 3 N–H and O–H groups in total. The van der Waals surface area contributed by atoms with Gasteiger partial charge in [-0.05, 0) is 32.1 Å². The molecule has 1 fully saturated rings. The molecule has 3 amide bonds. The summed E-state index contributed by atoms with van der Waals surface area (Å²) in [4.78, 5) is 41.2. The van der Waals surface area contributed by atoms with Gasteiger partial charge in [0.2, 0.25) is 17.7 Å². The van der Waals surface area contributed by atoms with E-state index in [-0.39, 0.29) is 48.1 Å². The summed E-state index contributed by atoms with van der Waals surface area (Å²) in [5.41, 5.74) is 0. The SMILES string of the molecule is CCC[C@@H]1C=C[C@H]2[C@H](C(=O)N([C@@H](CO)C(C)C)[C@@H]2C(=O)NC(C)C)[C@@H]1C(=O)NC. The summed E-state index contributed by atoms with van der Waals surface area (Å²) in [5, 5.41) is 15.7. The second-order valence-corrected chi connectivity index (χ2v) is 8.93. The van der Waals surface area contributed by atoms with E-state index in [0.29, 0.717) is 0 Å². The number of aliphatic hydroxyl groups is 1. The predicted octanol–water partition coefficient (Wildman–Crippen LogP) is 1.32. The number of hydrogen-bond donors (Lipinski definition) is 3. The van der Waals surface area contributed by atoms with Gasteiger partial charge in [0.05, 0.1) is 24.5 Å². The molecule has 29 heavy (non-hydrogen) atoms. The molecule has 1 aliphatic carbocycles. The standard InChI is InChI=1S/C22H37N3O4/c1-7-8-14-9-10-15-18(17(14)20(27)23-6)22(29)25(16(11-26)12(2)3)19(15)21(28)24-13(4)5/h9-10,12-19,26H,7-8,11H2,1-6H3,(H,23,27)(H,24,28)/t14-,15+,16+,17-,18+,19+/m1/s1. The monoisotopic (exact) mass is 407 g/mol. The van der Waals surface area contributed by atoms with E-state index in [0.717, 1.165) is 12.8 Å². The highest BCUT2D eigenvalue weighted by Crippen LogP contribution is 2.46. The number of carbonyl (C=O) groups is 3. The first-order valence-electron chi connectivity index (χ1n) is 10.8. The third-order valence-electron chi connectivity index (χ3n) is 6.23. The smallest absolute Gasteiger partial charge is 0.243 e. The molecule has 0 spiro atoms. The second-order valence-electron chi connectivity index (χ2n) is 8.93. The first-order valence-corrected chi connectivity index (χ1v) is 10.8. The fraction of sp³-hybridized carbons (Fsp3) is 0.773. The van der Waals surface area contributed by atoms with Gasteiger partial charge in [0.15, 0.2) is 0 Å². The van der Waals surface area contributed by atoms with Crippen LogP contribution in [0.4, 0.5) is 0 Å². The first-order chi connectivity index (χ1) is 13.7. The Bertz CT molecular complexity index is 646. The number of nitrogens with zero attached hydrogens (tertiary/aromatic N) is 1. The van der Waals surface area contributed by atoms with Crippen LogP contribution >= 0.6 is 0 Å². The number of amides is 3. The van der Waals surface area contributed by atoms with E-state index in [1.807, 2.05) is 39.8 Å². The van der Waals surface area contributed by atoms with Gasteiger partial charge in [-0.25, -0.2) is 0 Å². The highest BCUT2D eigenvalue weighted by molar-refractivity contribution is 5.97. The zero-order valence-corrected chi connectivity index (χ0v) is 18.5. The Balaban J connectivity index is 2.55. The van der Waals surface area contributed by atoms with Crippen molar-refractivity contribution in [2.45, 2.75) is 65.6 Å². The molecule has 0 aromatic rings. The maximum absolute atomic E-state index is 13.6. The summed E-state index contributed by atoms with van der Waals surface area (Å²) in [6.45, 7) is 9.46. The molecular formula is C22H37N3O4. The summed E-state index contributed by atoms with van der Waals surface area (Å²) in [6.07, 6.45) is 5.68. The van der Waals surface area contributed by atoms with Crippen LogP contribution in [-0.2, 0) is 14.4 Å². The lowest BCUT2D eigenvalue weighted by Crippen LogP contribution is -2.54. The van der Waals surface area contributed by atoms with E-state index in [4.69, 9.17) is 0 Å². The van der Waals surface area contributed by atoms with Crippen molar-refractivity contribution in [2.75, 3.05) is 13.7 Å². The number of aliphatic hydroxyl groups excluding tert-OH is 1. The van der Waals surface area contributed by atoms with E-state index in [1.165, 1.54) is 0 Å². The lowest BCUT2D eigenvalue weighted by atomic mass is 9.68. The van der Waals surface area contributed by atoms with Crippen molar-refractivity contribution in [1.29, 1.82) is 0 Å². The number of carbonyl (C=O) groups excluding carboxylic acids is 3. The lowest BCUT2D eigenvalue weighted by Gasteiger charge is -2.35. The summed E-state index contributed by atoms with van der Waals surface area (Å²) in [5.74, 6) is -2.13. The van der Waals surface area contributed by atoms with Crippen LogP contribution in [0.2, 0.25) is 0 Å². The molecule has 164 valence electrons. The van der Waals surface area contributed by atoms with Crippen molar-refractivity contribution < 1.29 is 19.5 Å². The third kappa shape index (κ3) is 4.49. The lowest BCUT2D eigenvalue weighted by molar-refractivity contribution is -0.144. The first kappa shape index (κ1) is 23.4. The quantitative estimate of drug-likeness (QED) is 0.529. The van der Waals surface area contributed by atoms with Gasteiger partial charge in [-0.3, -0.25) is 14.4 Å². The van der Waals surface area contributed by atoms with Crippen LogP contribution in [-0.4, -0.2) is 59.5 Å². The van der Waals surface area contributed by atoms with Gasteiger partial charge in [0.25, 0.3) is 0 Å². The van der Waals surface area contributed by atoms with Gasteiger partial charge in [-0.2, -0.15) is 0 Å². The van der Waals surface area contributed by atoms with E-state index >= 15 is 0 Å². The number of rotatable bonds is 8. The molecule has 1 aliphatic heterocycles. The maximum atomic E-state index is 13.6. The largest absolute Gasteiger partial charge is 0.394 e. The van der Waals surface area contributed by atoms with Crippen molar-refractivity contribution >= 4 is 17.7 Å². The Kier molecular flexibility index (Phi) is 7.86. The van der Waals surface area contributed by atoms with Gasteiger partial charge in [-0.1, -0.05) is 39.3 Å². The van der Waals surface area contributed by atoms with Crippen LogP contribution < -0.4 is 10.6 Å². The normalized spacial score (nSPS) is 29.9. The van der Waals surface area contributed by atoms with Crippen molar-refractivity contribution in [3.63, 3.8) is 0 Å². The molecule has 0 bridgehead atoms. The third-order valence-corrected chi connectivity index (χ3v) is 6.23. The summed E-state index contributed by atoms with van der Waals surface area (Å²) >= 11 is 0. The molecule has 0 radical (unpaired) electrons. The fourth-order valence-corrected chi connectivity index (χ4v) is 4.92. The Morgan fingerprint density at radius 2 is 1.83 bits per heavy atom. The molecule has 1 heterocycles. The number of allylic oxidation sites excluding steroid dienone is 1. The van der Waals surface area contributed by atoms with E-state index in [9.17, 15) is 19.5 Å². The number of fused-ring (bicyclic) bond motifs is 1.